The highest BCUT2D eigenvalue weighted by atomic mass is 127. The highest BCUT2D eigenvalue weighted by molar-refractivity contribution is 14.1. The molecule has 24 heavy (non-hydrogen) atoms. The summed E-state index contributed by atoms with van der Waals surface area (Å²) < 4.78 is 1.42. The fourth-order valence-corrected chi connectivity index (χ4v) is 3.81. The van der Waals surface area contributed by atoms with Crippen LogP contribution in [0.5, 0.6) is 5.75 Å². The molecule has 0 aliphatic carbocycles. The molecule has 0 aliphatic heterocycles. The van der Waals surface area contributed by atoms with Crippen molar-refractivity contribution in [1.82, 2.24) is 0 Å². The molecule has 2 rings (SSSR count). The maximum Gasteiger partial charge on any atom is 0.270 e. The molecule has 0 saturated carbocycles. The number of phenols is 1. The second kappa shape index (κ2) is 7.71. The van der Waals surface area contributed by atoms with E-state index in [2.05, 4.69) is 22.6 Å². The van der Waals surface area contributed by atoms with Gasteiger partial charge in [0.2, 0.25) is 5.78 Å². The molecule has 0 aliphatic rings. The van der Waals surface area contributed by atoms with Crippen LogP contribution >= 0.6 is 45.2 Å². The number of phenolic OH excluding ortho intramolecular Hbond substituents is 1. The average Bonchev–Trinajstić information content (AvgIpc) is 2.56. The minimum Gasteiger partial charge on any atom is -0.506 e. The van der Waals surface area contributed by atoms with Gasteiger partial charge in [-0.05, 0) is 63.4 Å². The molecule has 2 aromatic carbocycles. The maximum atomic E-state index is 12.4. The Bertz CT molecular complexity index is 917. The Hall–Kier alpha value is -2.00. The van der Waals surface area contributed by atoms with Crippen LogP contribution in [-0.2, 0) is 0 Å². The first-order chi connectivity index (χ1) is 11.3. The highest BCUT2D eigenvalue weighted by Gasteiger charge is 2.17. The molecule has 0 fully saturated rings. The molecule has 120 valence electrons. The Balaban J connectivity index is 2.49. The molecule has 8 heteroatoms. The van der Waals surface area contributed by atoms with E-state index < -0.39 is 10.7 Å². The molecule has 1 N–H and O–H groups in total. The SMILES string of the molecule is N#C/C(=C\c1cc(I)cc(I)c1O)C(=O)c1cccc([N+](=O)[O-])c1. The Morgan fingerprint density at radius 1 is 1.29 bits per heavy atom. The predicted molar refractivity (Wildman–Crippen MR) is 105 cm³/mol. The first kappa shape index (κ1) is 18.3. The lowest BCUT2D eigenvalue weighted by molar-refractivity contribution is -0.384. The standard InChI is InChI=1S/C16H8I2N2O4/c17-12-5-10(16(22)14(18)7-12)4-11(8-19)15(21)9-2-1-3-13(6-9)20(23)24/h1-7,22H/b11-4+. The number of nitro benzene ring substituents is 1. The lowest BCUT2D eigenvalue weighted by Crippen LogP contribution is -2.03. The van der Waals surface area contributed by atoms with Crippen LogP contribution in [0.25, 0.3) is 6.08 Å². The van der Waals surface area contributed by atoms with Gasteiger partial charge in [-0.1, -0.05) is 12.1 Å². The van der Waals surface area contributed by atoms with Crippen LogP contribution in [0.2, 0.25) is 0 Å². The lowest BCUT2D eigenvalue weighted by Gasteiger charge is -2.05. The van der Waals surface area contributed by atoms with Crippen LogP contribution in [0.3, 0.4) is 0 Å². The van der Waals surface area contributed by atoms with Crippen molar-refractivity contribution in [2.75, 3.05) is 0 Å². The fraction of sp³-hybridized carbons (Fsp3) is 0. The zero-order valence-corrected chi connectivity index (χ0v) is 16.2. The minimum absolute atomic E-state index is 0.0318. The molecular formula is C16H8I2N2O4. The Morgan fingerprint density at radius 2 is 2.00 bits per heavy atom. The number of allylic oxidation sites excluding steroid dienone is 1. The molecular weight excluding hydrogens is 538 g/mol. The lowest BCUT2D eigenvalue weighted by atomic mass is 10.0. The Morgan fingerprint density at radius 3 is 2.62 bits per heavy atom. The van der Waals surface area contributed by atoms with Crippen LogP contribution in [0, 0.1) is 28.6 Å². The van der Waals surface area contributed by atoms with Gasteiger partial charge in [-0.25, -0.2) is 0 Å². The number of non-ortho nitro benzene ring substituents is 1. The summed E-state index contributed by atoms with van der Waals surface area (Å²) in [7, 11) is 0. The number of halogens is 2. The molecule has 0 atom stereocenters. The van der Waals surface area contributed by atoms with Crippen LogP contribution in [0.4, 0.5) is 5.69 Å². The molecule has 2 aromatic rings. The summed E-state index contributed by atoms with van der Waals surface area (Å²) in [5, 5.41) is 30.1. The van der Waals surface area contributed by atoms with E-state index in [-0.39, 0.29) is 22.6 Å². The number of aromatic hydroxyl groups is 1. The first-order valence-electron chi connectivity index (χ1n) is 6.42. The van der Waals surface area contributed by atoms with Crippen LogP contribution in [0.15, 0.2) is 42.0 Å². The summed E-state index contributed by atoms with van der Waals surface area (Å²) in [6.07, 6.45) is 1.28. The quantitative estimate of drug-likeness (QED) is 0.154. The fourth-order valence-electron chi connectivity index (χ4n) is 1.92. The van der Waals surface area contributed by atoms with Gasteiger partial charge in [0.15, 0.2) is 0 Å². The van der Waals surface area contributed by atoms with E-state index in [1.165, 1.54) is 24.3 Å². The third kappa shape index (κ3) is 4.09. The van der Waals surface area contributed by atoms with E-state index in [9.17, 15) is 25.3 Å². The van der Waals surface area contributed by atoms with Gasteiger partial charge in [-0.2, -0.15) is 5.26 Å². The Labute approximate surface area is 164 Å². The molecule has 0 radical (unpaired) electrons. The number of nitro groups is 1. The van der Waals surface area contributed by atoms with E-state index in [0.717, 1.165) is 9.64 Å². The van der Waals surface area contributed by atoms with Gasteiger partial charge < -0.3 is 5.11 Å². The molecule has 6 nitrogen and oxygen atoms in total. The molecule has 0 spiro atoms. The van der Waals surface area contributed by atoms with Crippen molar-refractivity contribution in [3.63, 3.8) is 0 Å². The number of rotatable bonds is 4. The van der Waals surface area contributed by atoms with Gasteiger partial charge in [0.05, 0.1) is 8.49 Å². The zero-order valence-electron chi connectivity index (χ0n) is 11.9. The van der Waals surface area contributed by atoms with Crippen LogP contribution < -0.4 is 0 Å². The average molecular weight is 546 g/mol. The van der Waals surface area contributed by atoms with Crippen molar-refractivity contribution in [1.29, 1.82) is 5.26 Å². The molecule has 0 unspecified atom stereocenters. The summed E-state index contributed by atoms with van der Waals surface area (Å²) in [6.45, 7) is 0. The summed E-state index contributed by atoms with van der Waals surface area (Å²) in [6, 6.07) is 10.3. The van der Waals surface area contributed by atoms with Crippen LogP contribution in [-0.4, -0.2) is 15.8 Å². The molecule has 0 aromatic heterocycles. The van der Waals surface area contributed by atoms with E-state index >= 15 is 0 Å². The predicted octanol–water partition coefficient (Wildman–Crippen LogP) is 4.30. The van der Waals surface area contributed by atoms with Crippen molar-refractivity contribution in [3.8, 4) is 11.8 Å². The van der Waals surface area contributed by atoms with Gasteiger partial charge in [0.1, 0.15) is 17.4 Å². The van der Waals surface area contributed by atoms with Crippen molar-refractivity contribution >= 4 is 62.7 Å². The van der Waals surface area contributed by atoms with E-state index in [0.29, 0.717) is 9.13 Å². The molecule has 0 saturated heterocycles. The minimum atomic E-state index is -0.644. The van der Waals surface area contributed by atoms with Crippen molar-refractivity contribution < 1.29 is 14.8 Å². The van der Waals surface area contributed by atoms with Gasteiger partial charge in [-0.15, -0.1) is 0 Å². The van der Waals surface area contributed by atoms with Crippen molar-refractivity contribution in [3.05, 3.63) is 70.4 Å². The maximum absolute atomic E-state index is 12.4. The molecule has 0 bridgehead atoms. The van der Waals surface area contributed by atoms with Crippen molar-refractivity contribution in [2.24, 2.45) is 0 Å². The third-order valence-corrected chi connectivity index (χ3v) is 4.49. The van der Waals surface area contributed by atoms with E-state index in [1.807, 2.05) is 22.6 Å². The van der Waals surface area contributed by atoms with Gasteiger partial charge >= 0.3 is 0 Å². The number of carbonyl (C=O) groups excluding carboxylic acids is 1. The normalized spacial score (nSPS) is 11.0. The third-order valence-electron chi connectivity index (χ3n) is 3.04. The summed E-state index contributed by atoms with van der Waals surface area (Å²) >= 11 is 4.01. The monoisotopic (exact) mass is 546 g/mol. The van der Waals surface area contributed by atoms with E-state index in [1.54, 1.807) is 18.2 Å². The summed E-state index contributed by atoms with van der Waals surface area (Å²) in [5.41, 5.74) is -0.0770. The summed E-state index contributed by atoms with van der Waals surface area (Å²) in [5.74, 6) is -0.676. The number of Topliss-reactive ketones (excluding diaryl/α,β-unsaturated/α-hetero) is 1. The van der Waals surface area contributed by atoms with Crippen LogP contribution in [0.1, 0.15) is 15.9 Å². The first-order valence-corrected chi connectivity index (χ1v) is 8.58. The van der Waals surface area contributed by atoms with Gasteiger partial charge in [-0.3, -0.25) is 14.9 Å². The number of hydrogen-bond donors (Lipinski definition) is 1. The largest absolute Gasteiger partial charge is 0.506 e. The molecule has 0 heterocycles. The topological polar surface area (TPSA) is 104 Å². The number of benzene rings is 2. The van der Waals surface area contributed by atoms with E-state index in [4.69, 9.17) is 0 Å². The van der Waals surface area contributed by atoms with Gasteiger partial charge in [0, 0.05) is 26.8 Å². The smallest absolute Gasteiger partial charge is 0.270 e. The summed E-state index contributed by atoms with van der Waals surface area (Å²) in [4.78, 5) is 22.6. The van der Waals surface area contributed by atoms with Gasteiger partial charge in [0.25, 0.3) is 5.69 Å². The number of nitrogens with zero attached hydrogens (tertiary/aromatic N) is 2. The number of carbonyl (C=O) groups is 1. The second-order valence-electron chi connectivity index (χ2n) is 4.63. The number of nitriles is 1. The number of ketones is 1. The molecule has 0 amide bonds. The number of hydrogen-bond acceptors (Lipinski definition) is 5. The zero-order chi connectivity index (χ0) is 17.9. The Kier molecular flexibility index (Phi) is 5.89. The van der Waals surface area contributed by atoms with Crippen molar-refractivity contribution in [2.45, 2.75) is 0 Å². The second-order valence-corrected chi connectivity index (χ2v) is 7.04. The highest BCUT2D eigenvalue weighted by Crippen LogP contribution is 2.29.